The van der Waals surface area contributed by atoms with Gasteiger partial charge in [0.2, 0.25) is 0 Å². The van der Waals surface area contributed by atoms with E-state index in [1.165, 1.54) is 16.8 Å². The number of nitrogens with two attached hydrogens (primary N) is 1. The molecule has 0 unspecified atom stereocenters. The first-order chi connectivity index (χ1) is 18.0. The van der Waals surface area contributed by atoms with Crippen LogP contribution in [-0.2, 0) is 7.05 Å². The number of hydrogen-bond acceptors (Lipinski definition) is 6. The van der Waals surface area contributed by atoms with E-state index in [9.17, 15) is 18.4 Å². The highest BCUT2D eigenvalue weighted by Crippen LogP contribution is 2.43. The number of halogens is 4. The van der Waals surface area contributed by atoms with Gasteiger partial charge in [0.05, 0.1) is 22.1 Å². The van der Waals surface area contributed by atoms with Gasteiger partial charge >= 0.3 is 0 Å². The zero-order chi connectivity index (χ0) is 27.3. The molecule has 4 heterocycles. The average molecular weight is 576 g/mol. The Kier molecular flexibility index (Phi) is 6.63. The van der Waals surface area contributed by atoms with Gasteiger partial charge < -0.3 is 11.1 Å². The van der Waals surface area contributed by atoms with Gasteiger partial charge in [-0.05, 0) is 42.8 Å². The van der Waals surface area contributed by atoms with E-state index in [-0.39, 0.29) is 26.5 Å². The van der Waals surface area contributed by atoms with Crippen molar-refractivity contribution in [2.75, 3.05) is 5.32 Å². The second-order valence-corrected chi connectivity index (χ2v) is 10.1. The van der Waals surface area contributed by atoms with Crippen molar-refractivity contribution in [1.82, 2.24) is 25.0 Å². The summed E-state index contributed by atoms with van der Waals surface area (Å²) in [4.78, 5) is 29.7. The summed E-state index contributed by atoms with van der Waals surface area (Å²) in [6.07, 6.45) is -1.21. The smallest absolute Gasteiger partial charge is 0.280 e. The van der Waals surface area contributed by atoms with Crippen molar-refractivity contribution < 1.29 is 18.4 Å². The highest BCUT2D eigenvalue weighted by Gasteiger charge is 2.27. The minimum Gasteiger partial charge on any atom is -0.365 e. The molecular formula is C24H17Cl2F2N7O2S. The number of rotatable bonds is 6. The van der Waals surface area contributed by atoms with Gasteiger partial charge in [-0.2, -0.15) is 10.2 Å². The molecule has 0 atom stereocenters. The molecule has 5 rings (SSSR count). The largest absolute Gasteiger partial charge is 0.365 e. The molecule has 0 radical (unpaired) electrons. The Morgan fingerprint density at radius 3 is 2.55 bits per heavy atom. The van der Waals surface area contributed by atoms with Crippen molar-refractivity contribution in [2.24, 2.45) is 12.8 Å². The Morgan fingerprint density at radius 2 is 1.92 bits per heavy atom. The minimum absolute atomic E-state index is 0.0458. The standard InChI is InChI=1S/C24H17Cl2F2N7O2S/c1-9-13(8-35(2)34-9)12-6-16(21(27)28)30-24-18(12)19(20(38-24)22(29)36)31-23(37)17-7-15(32-33-17)11-4-3-10(25)5-14(11)26/h3-8,21H,1-2H3,(H2,29,36)(H,31,37)(H,32,33). The third-order valence-corrected chi connectivity index (χ3v) is 7.35. The monoisotopic (exact) mass is 575 g/mol. The number of benzene rings is 1. The molecule has 2 amide bonds. The Bertz CT molecular complexity index is 1750. The van der Waals surface area contributed by atoms with Gasteiger partial charge in [0.25, 0.3) is 18.2 Å². The number of nitrogens with one attached hydrogen (secondary N) is 2. The Balaban J connectivity index is 1.63. The molecule has 4 N–H and O–H groups in total. The number of thiophene rings is 1. The van der Waals surface area contributed by atoms with Gasteiger partial charge in [0, 0.05) is 34.8 Å². The first-order valence-electron chi connectivity index (χ1n) is 10.9. The van der Waals surface area contributed by atoms with Crippen molar-refractivity contribution >= 4 is 62.3 Å². The van der Waals surface area contributed by atoms with E-state index in [1.54, 1.807) is 38.4 Å². The van der Waals surface area contributed by atoms with Crippen LogP contribution in [0.3, 0.4) is 0 Å². The third-order valence-electron chi connectivity index (χ3n) is 5.70. The van der Waals surface area contributed by atoms with Crippen molar-refractivity contribution in [2.45, 2.75) is 13.3 Å². The quantitative estimate of drug-likeness (QED) is 0.229. The molecule has 1 aromatic carbocycles. The van der Waals surface area contributed by atoms with Gasteiger partial charge in [-0.25, -0.2) is 13.8 Å². The number of carbonyl (C=O) groups excluding carboxylic acids is 2. The fourth-order valence-electron chi connectivity index (χ4n) is 4.05. The number of pyridine rings is 1. The molecule has 4 aromatic heterocycles. The van der Waals surface area contributed by atoms with E-state index in [0.29, 0.717) is 38.1 Å². The van der Waals surface area contributed by atoms with E-state index in [1.807, 2.05) is 0 Å². The van der Waals surface area contributed by atoms with E-state index >= 15 is 0 Å². The van der Waals surface area contributed by atoms with Gasteiger partial charge in [0.1, 0.15) is 21.1 Å². The van der Waals surface area contributed by atoms with E-state index in [0.717, 1.165) is 11.3 Å². The summed E-state index contributed by atoms with van der Waals surface area (Å²) >= 11 is 13.0. The van der Waals surface area contributed by atoms with Crippen LogP contribution in [0.25, 0.3) is 32.6 Å². The second kappa shape index (κ2) is 9.78. The van der Waals surface area contributed by atoms with Gasteiger partial charge in [-0.1, -0.05) is 23.2 Å². The number of fused-ring (bicyclic) bond motifs is 1. The van der Waals surface area contributed by atoms with Crippen LogP contribution in [-0.4, -0.2) is 36.8 Å². The molecule has 5 aromatic rings. The van der Waals surface area contributed by atoms with Crippen LogP contribution in [0.1, 0.15) is 38.0 Å². The van der Waals surface area contributed by atoms with Gasteiger partial charge in [0.15, 0.2) is 0 Å². The highest BCUT2D eigenvalue weighted by molar-refractivity contribution is 7.21. The van der Waals surface area contributed by atoms with Gasteiger partial charge in [-0.15, -0.1) is 11.3 Å². The summed E-state index contributed by atoms with van der Waals surface area (Å²) in [6.45, 7) is 1.72. The summed E-state index contributed by atoms with van der Waals surface area (Å²) in [7, 11) is 1.69. The number of hydrogen-bond donors (Lipinski definition) is 3. The maximum atomic E-state index is 13.7. The molecule has 0 bridgehead atoms. The molecule has 0 saturated carbocycles. The number of aromatic nitrogens is 5. The maximum absolute atomic E-state index is 13.7. The number of aromatic amines is 1. The molecule has 0 fully saturated rings. The minimum atomic E-state index is -2.87. The summed E-state index contributed by atoms with van der Waals surface area (Å²) < 4.78 is 29.0. The zero-order valence-corrected chi connectivity index (χ0v) is 22.0. The summed E-state index contributed by atoms with van der Waals surface area (Å²) in [6, 6.07) is 7.54. The van der Waals surface area contributed by atoms with Crippen molar-refractivity contribution in [1.29, 1.82) is 0 Å². The molecule has 194 valence electrons. The fourth-order valence-corrected chi connectivity index (χ4v) is 5.57. The lowest BCUT2D eigenvalue weighted by Gasteiger charge is -2.10. The number of H-pyrrole nitrogens is 1. The molecule has 14 heteroatoms. The van der Waals surface area contributed by atoms with Crippen LogP contribution < -0.4 is 11.1 Å². The lowest BCUT2D eigenvalue weighted by atomic mass is 10.0. The van der Waals surface area contributed by atoms with Crippen molar-refractivity contribution in [3.8, 4) is 22.4 Å². The van der Waals surface area contributed by atoms with Crippen LogP contribution in [0, 0.1) is 6.92 Å². The first-order valence-corrected chi connectivity index (χ1v) is 12.5. The Hall–Kier alpha value is -3.87. The molecular weight excluding hydrogens is 559 g/mol. The predicted octanol–water partition coefficient (Wildman–Crippen LogP) is 5.99. The highest BCUT2D eigenvalue weighted by atomic mass is 35.5. The molecule has 0 aliphatic rings. The van der Waals surface area contributed by atoms with Crippen LogP contribution in [0.15, 0.2) is 36.5 Å². The van der Waals surface area contributed by atoms with Crippen LogP contribution >= 0.6 is 34.5 Å². The van der Waals surface area contributed by atoms with E-state index in [2.05, 4.69) is 25.6 Å². The SMILES string of the molecule is Cc1nn(C)cc1-c1cc(C(F)F)nc2sc(C(N)=O)c(NC(=O)c3cc(-c4ccc(Cl)cc4Cl)n[nH]3)c12. The zero-order valence-electron chi connectivity index (χ0n) is 19.6. The topological polar surface area (TPSA) is 132 Å². The van der Waals surface area contributed by atoms with Crippen molar-refractivity contribution in [3.63, 3.8) is 0 Å². The van der Waals surface area contributed by atoms with Crippen LogP contribution in [0.2, 0.25) is 10.0 Å². The number of alkyl halides is 2. The molecule has 0 aliphatic heterocycles. The molecule has 9 nitrogen and oxygen atoms in total. The second-order valence-electron chi connectivity index (χ2n) is 8.29. The van der Waals surface area contributed by atoms with E-state index in [4.69, 9.17) is 28.9 Å². The number of nitrogens with zero attached hydrogens (tertiary/aromatic N) is 4. The number of aryl methyl sites for hydroxylation is 2. The first kappa shape index (κ1) is 25.8. The van der Waals surface area contributed by atoms with Crippen molar-refractivity contribution in [3.05, 3.63) is 68.5 Å². The number of primary amides is 1. The fraction of sp³-hybridized carbons (Fsp3) is 0.125. The van der Waals surface area contributed by atoms with Crippen LogP contribution in [0.5, 0.6) is 0 Å². The third kappa shape index (κ3) is 4.62. The number of carbonyl (C=O) groups is 2. The molecule has 0 aliphatic carbocycles. The molecule has 0 spiro atoms. The molecule has 38 heavy (non-hydrogen) atoms. The lowest BCUT2D eigenvalue weighted by Crippen LogP contribution is -2.17. The maximum Gasteiger partial charge on any atom is 0.280 e. The number of amides is 2. The number of anilines is 1. The van der Waals surface area contributed by atoms with E-state index < -0.39 is 23.9 Å². The summed E-state index contributed by atoms with van der Waals surface area (Å²) in [5.74, 6) is -1.50. The molecule has 0 saturated heterocycles. The normalized spacial score (nSPS) is 11.4. The Labute approximate surface area is 227 Å². The van der Waals surface area contributed by atoms with Gasteiger partial charge in [-0.3, -0.25) is 19.4 Å². The summed E-state index contributed by atoms with van der Waals surface area (Å²) in [5.41, 5.74) is 7.58. The van der Waals surface area contributed by atoms with Crippen LogP contribution in [0.4, 0.5) is 14.5 Å². The Morgan fingerprint density at radius 1 is 1.16 bits per heavy atom. The lowest BCUT2D eigenvalue weighted by molar-refractivity contribution is 0.100. The summed E-state index contributed by atoms with van der Waals surface area (Å²) in [5, 5.41) is 14.9. The predicted molar refractivity (Wildman–Crippen MR) is 142 cm³/mol. The average Bonchev–Trinajstić information content (AvgIpc) is 3.55.